The molecule has 2 aromatic heterocycles. The number of allylic oxidation sites excluding steroid dienone is 1. The molecule has 0 aliphatic heterocycles. The number of fused-ring (bicyclic) bond motifs is 1. The Hall–Kier alpha value is -2.96. The van der Waals surface area contributed by atoms with Crippen molar-refractivity contribution in [3.8, 4) is 16.9 Å². The number of nitrogens with zero attached hydrogens (tertiary/aromatic N) is 2. The Bertz CT molecular complexity index is 1750. The fourth-order valence-corrected chi connectivity index (χ4v) is 9.10. The fourth-order valence-electron chi connectivity index (χ4n) is 5.87. The van der Waals surface area contributed by atoms with Crippen molar-refractivity contribution >= 4 is 21.1 Å². The topological polar surface area (TPSA) is 9.34 Å². The molecule has 0 atom stereocenters. The Balaban J connectivity index is 1.87. The summed E-state index contributed by atoms with van der Waals surface area (Å²) in [6, 6.07) is 28.6. The van der Waals surface area contributed by atoms with Gasteiger partial charge in [-0.1, -0.05) is 0 Å². The van der Waals surface area contributed by atoms with Crippen molar-refractivity contribution in [3.05, 3.63) is 128 Å². The number of hydrogen-bond acceptors (Lipinski definition) is 0. The van der Waals surface area contributed by atoms with E-state index in [1.165, 1.54) is 59.7 Å². The molecule has 0 radical (unpaired) electrons. The second-order valence-corrected chi connectivity index (χ2v) is 15.8. The van der Waals surface area contributed by atoms with Crippen LogP contribution in [0.15, 0.2) is 91.1 Å². The Labute approximate surface area is 254 Å². The van der Waals surface area contributed by atoms with Crippen LogP contribution in [-0.2, 0) is 15.3 Å². The van der Waals surface area contributed by atoms with Gasteiger partial charge in [0.15, 0.2) is 0 Å². The monoisotopic (exact) mass is 654 g/mol. The predicted molar refractivity (Wildman–Crippen MR) is 174 cm³/mol. The molecule has 3 aromatic carbocycles. The standard InChI is InChI=1S/C28H32N2.C9H9.ClH.Pd/c1-18(2)24-11-9-12-25(19(3)4)27(24)26-13-8-10-23-16-29(17-30(23)26)28-21(6)14-20(5)15-22(28)7;1-2-6-9-7-4-3-5-8-9;;/h8-16,18-19H,1-7H3;2-8H,1H2;1H;/q;;;+1/p-1. The van der Waals surface area contributed by atoms with Gasteiger partial charge in [0.05, 0.1) is 0 Å². The first-order valence-corrected chi connectivity index (χ1v) is 18.3. The summed E-state index contributed by atoms with van der Waals surface area (Å²) >= 11 is -1.71. The molecule has 0 N–H and O–H groups in total. The summed E-state index contributed by atoms with van der Waals surface area (Å²) in [5, 5.41) is 0. The molecule has 0 fully saturated rings. The Morgan fingerprint density at radius 2 is 1.39 bits per heavy atom. The number of rotatable bonds is 7. The van der Waals surface area contributed by atoms with Crippen LogP contribution in [0.2, 0.25) is 4.89 Å². The molecule has 0 spiro atoms. The number of aromatic nitrogens is 2. The second kappa shape index (κ2) is 12.5. The van der Waals surface area contributed by atoms with Crippen LogP contribution in [0.25, 0.3) is 28.5 Å². The molecule has 5 rings (SSSR count). The van der Waals surface area contributed by atoms with Gasteiger partial charge in [-0.15, -0.1) is 0 Å². The summed E-state index contributed by atoms with van der Waals surface area (Å²) in [4.78, 5) is 0.829. The Kier molecular flexibility index (Phi) is 9.00. The molecule has 5 aromatic rings. The molecular weight excluding hydrogens is 614 g/mol. The van der Waals surface area contributed by atoms with Crippen molar-refractivity contribution in [2.75, 3.05) is 0 Å². The normalized spacial score (nSPS) is 13.6. The number of halogens is 1. The van der Waals surface area contributed by atoms with E-state index in [1.54, 1.807) is 0 Å². The van der Waals surface area contributed by atoms with E-state index in [2.05, 4.69) is 155 Å². The number of benzene rings is 3. The second-order valence-electron chi connectivity index (χ2n) is 11.5. The minimum absolute atomic E-state index is 0.405. The van der Waals surface area contributed by atoms with Crippen molar-refractivity contribution in [3.63, 3.8) is 0 Å². The third kappa shape index (κ3) is 6.00. The molecule has 41 heavy (non-hydrogen) atoms. The van der Waals surface area contributed by atoms with Gasteiger partial charge in [-0.05, 0) is 0 Å². The fraction of sp³-hybridized carbons (Fsp3) is 0.270. The number of imidazole rings is 1. The molecule has 2 heterocycles. The van der Waals surface area contributed by atoms with Crippen molar-refractivity contribution < 1.29 is 15.3 Å². The quantitative estimate of drug-likeness (QED) is 0.154. The molecule has 0 amide bonds. The Morgan fingerprint density at radius 1 is 0.780 bits per heavy atom. The van der Waals surface area contributed by atoms with Gasteiger partial charge in [-0.25, -0.2) is 0 Å². The van der Waals surface area contributed by atoms with Crippen molar-refractivity contribution in [2.45, 2.75) is 65.2 Å². The first kappa shape index (κ1) is 29.5. The van der Waals surface area contributed by atoms with E-state index in [-0.39, 0.29) is 0 Å². The van der Waals surface area contributed by atoms with E-state index in [1.807, 2.05) is 0 Å². The van der Waals surface area contributed by atoms with Gasteiger partial charge in [0.25, 0.3) is 0 Å². The first-order chi connectivity index (χ1) is 19.7. The van der Waals surface area contributed by atoms with Gasteiger partial charge >= 0.3 is 256 Å². The number of pyridine rings is 1. The average molecular weight is 656 g/mol. The maximum atomic E-state index is 7.57. The van der Waals surface area contributed by atoms with E-state index in [4.69, 9.17) is 9.53 Å². The zero-order chi connectivity index (χ0) is 29.3. The summed E-state index contributed by atoms with van der Waals surface area (Å²) in [5.41, 5.74) is 12.8. The summed E-state index contributed by atoms with van der Waals surface area (Å²) in [7, 11) is 7.57. The van der Waals surface area contributed by atoms with Gasteiger partial charge in [0.2, 0.25) is 0 Å². The molecule has 4 heteroatoms. The van der Waals surface area contributed by atoms with Crippen LogP contribution >= 0.6 is 9.53 Å². The third-order valence-electron chi connectivity index (χ3n) is 7.59. The summed E-state index contributed by atoms with van der Waals surface area (Å²) in [6.07, 6.45) is 6.76. The van der Waals surface area contributed by atoms with Crippen molar-refractivity contribution in [1.82, 2.24) is 8.97 Å². The molecule has 0 aliphatic carbocycles. The van der Waals surface area contributed by atoms with Crippen LogP contribution in [0.5, 0.6) is 0 Å². The zero-order valence-corrected chi connectivity index (χ0v) is 27.5. The van der Waals surface area contributed by atoms with Gasteiger partial charge in [0, 0.05) is 0 Å². The van der Waals surface area contributed by atoms with E-state index in [0.717, 1.165) is 4.89 Å². The van der Waals surface area contributed by atoms with Crippen LogP contribution in [0.1, 0.15) is 72.9 Å². The van der Waals surface area contributed by atoms with Gasteiger partial charge < -0.3 is 0 Å². The molecule has 0 bridgehead atoms. The predicted octanol–water partition coefficient (Wildman–Crippen LogP) is 11.0. The van der Waals surface area contributed by atoms with Crippen LogP contribution in [0, 0.1) is 24.7 Å². The van der Waals surface area contributed by atoms with Crippen LogP contribution in [0.4, 0.5) is 0 Å². The van der Waals surface area contributed by atoms with E-state index in [0.29, 0.717) is 11.8 Å². The summed E-state index contributed by atoms with van der Waals surface area (Å²) < 4.78 is 6.07. The number of hydrogen-bond donors (Lipinski definition) is 0. The van der Waals surface area contributed by atoms with Crippen molar-refractivity contribution in [2.24, 2.45) is 0 Å². The van der Waals surface area contributed by atoms with Gasteiger partial charge in [-0.3, -0.25) is 0 Å². The van der Waals surface area contributed by atoms with E-state index < -0.39 is 15.3 Å². The molecular formula is C37H41ClN2Pd. The molecule has 0 saturated carbocycles. The molecule has 2 nitrogen and oxygen atoms in total. The van der Waals surface area contributed by atoms with E-state index in [9.17, 15) is 0 Å². The molecule has 0 saturated heterocycles. The summed E-state index contributed by atoms with van der Waals surface area (Å²) in [5.74, 6) is 0.810. The van der Waals surface area contributed by atoms with Gasteiger partial charge in [-0.2, -0.15) is 0 Å². The molecule has 216 valence electrons. The maximum absolute atomic E-state index is 7.57. The van der Waals surface area contributed by atoms with Crippen LogP contribution in [0.3, 0.4) is 0 Å². The van der Waals surface area contributed by atoms with Crippen LogP contribution in [-0.4, -0.2) is 8.97 Å². The zero-order valence-electron chi connectivity index (χ0n) is 25.2. The first-order valence-electron chi connectivity index (χ1n) is 14.4. The summed E-state index contributed by atoms with van der Waals surface area (Å²) in [6.45, 7) is 15.8. The Morgan fingerprint density at radius 3 is 2.00 bits per heavy atom. The molecule has 0 unspecified atom stereocenters. The average Bonchev–Trinajstić information content (AvgIpc) is 3.31. The third-order valence-corrected chi connectivity index (χ3v) is 11.2. The van der Waals surface area contributed by atoms with Gasteiger partial charge in [0.1, 0.15) is 0 Å². The van der Waals surface area contributed by atoms with Crippen molar-refractivity contribution in [1.29, 1.82) is 0 Å². The van der Waals surface area contributed by atoms with Crippen LogP contribution < -0.4 is 0 Å². The number of aryl methyl sites for hydroxylation is 3. The molecule has 0 aliphatic rings. The SMILES string of the molecule is Cc1cc(C)c(-n2cc3cccc(-c4c(C(C)C)cccc4C(C)C)n3[c]2=[Pd]([Cl])[CH2]C=Cc2ccccc2)c(C)c1. The van der Waals surface area contributed by atoms with E-state index >= 15 is 0 Å². The minimum atomic E-state index is -1.71.